The van der Waals surface area contributed by atoms with Gasteiger partial charge in [0.1, 0.15) is 0 Å². The number of rotatable bonds is 1. The summed E-state index contributed by atoms with van der Waals surface area (Å²) in [4.78, 5) is 12.6. The third-order valence-electron chi connectivity index (χ3n) is 4.76. The van der Waals surface area contributed by atoms with Crippen molar-refractivity contribution in [1.29, 1.82) is 0 Å². The molecule has 0 unspecified atom stereocenters. The molecule has 1 aromatic carbocycles. The van der Waals surface area contributed by atoms with Crippen LogP contribution in [0.25, 0.3) is 10.9 Å². The van der Waals surface area contributed by atoms with Crippen molar-refractivity contribution in [3.63, 3.8) is 0 Å². The summed E-state index contributed by atoms with van der Waals surface area (Å²) in [6.07, 6.45) is 0. The minimum Gasteiger partial charge on any atom is -0.344 e. The first-order valence-electron chi connectivity index (χ1n) is 6.92. The van der Waals surface area contributed by atoms with Gasteiger partial charge in [0.2, 0.25) is 0 Å². The van der Waals surface area contributed by atoms with Crippen molar-refractivity contribution in [3.05, 3.63) is 43.7 Å². The summed E-state index contributed by atoms with van der Waals surface area (Å²) in [5.41, 5.74) is 8.19. The molecule has 19 heavy (non-hydrogen) atoms. The molecule has 0 atom stereocenters. The van der Waals surface area contributed by atoms with Crippen molar-refractivity contribution in [2.24, 2.45) is 0 Å². The van der Waals surface area contributed by atoms with Crippen LogP contribution in [0.1, 0.15) is 40.4 Å². The van der Waals surface area contributed by atoms with Crippen LogP contribution in [0, 0.1) is 41.5 Å². The van der Waals surface area contributed by atoms with Crippen LogP contribution in [-0.2, 0) is 6.54 Å². The molecule has 0 aliphatic rings. The molecule has 0 bridgehead atoms. The van der Waals surface area contributed by atoms with Crippen molar-refractivity contribution in [2.75, 3.05) is 0 Å². The van der Waals surface area contributed by atoms with Crippen LogP contribution in [0.3, 0.4) is 0 Å². The highest BCUT2D eigenvalue weighted by atomic mass is 16.1. The summed E-state index contributed by atoms with van der Waals surface area (Å²) >= 11 is 0. The summed E-state index contributed by atoms with van der Waals surface area (Å²) in [6.45, 7) is 15.5. The van der Waals surface area contributed by atoms with Gasteiger partial charge in [0, 0.05) is 23.2 Å². The maximum atomic E-state index is 12.6. The van der Waals surface area contributed by atoms with Crippen LogP contribution in [0.4, 0.5) is 0 Å². The van der Waals surface area contributed by atoms with Gasteiger partial charge in [-0.3, -0.25) is 4.79 Å². The van der Waals surface area contributed by atoms with Gasteiger partial charge in [-0.15, -0.1) is 0 Å². The lowest BCUT2D eigenvalue weighted by Crippen LogP contribution is -2.19. The molecule has 0 aliphatic heterocycles. The molecule has 2 rings (SSSR count). The van der Waals surface area contributed by atoms with E-state index in [0.29, 0.717) is 0 Å². The van der Waals surface area contributed by atoms with Crippen LogP contribution in [0.2, 0.25) is 0 Å². The summed E-state index contributed by atoms with van der Waals surface area (Å²) in [5.74, 6) is 0. The lowest BCUT2D eigenvalue weighted by Gasteiger charge is -2.21. The van der Waals surface area contributed by atoms with Crippen molar-refractivity contribution < 1.29 is 0 Å². The average Bonchev–Trinajstić information content (AvgIpc) is 2.40. The standard InChI is InChI=1S/C17H23NO/c1-8-18-14(7)13(6)17(19)15-11(4)9(2)10(3)12(5)16(15)18/h8H2,1-7H3. The van der Waals surface area contributed by atoms with Gasteiger partial charge in [-0.2, -0.15) is 0 Å². The minimum absolute atomic E-state index is 0.195. The number of aromatic nitrogens is 1. The molecule has 0 saturated heterocycles. The summed E-state index contributed by atoms with van der Waals surface area (Å²) < 4.78 is 2.28. The fourth-order valence-corrected chi connectivity index (χ4v) is 3.03. The second-order valence-electron chi connectivity index (χ2n) is 5.51. The maximum Gasteiger partial charge on any atom is 0.192 e. The number of benzene rings is 1. The van der Waals surface area contributed by atoms with E-state index in [2.05, 4.69) is 39.2 Å². The van der Waals surface area contributed by atoms with Gasteiger partial charge in [-0.1, -0.05) is 0 Å². The molecule has 2 aromatic rings. The number of nitrogens with zero attached hydrogens (tertiary/aromatic N) is 1. The Morgan fingerprint density at radius 2 is 1.32 bits per heavy atom. The molecular formula is C17H23NO. The molecule has 0 saturated carbocycles. The SMILES string of the molecule is CCn1c(C)c(C)c(=O)c2c(C)c(C)c(C)c(C)c21. The molecular weight excluding hydrogens is 234 g/mol. The molecule has 2 nitrogen and oxygen atoms in total. The number of aryl methyl sites for hydroxylation is 3. The van der Waals surface area contributed by atoms with E-state index in [0.717, 1.165) is 34.3 Å². The fraction of sp³-hybridized carbons (Fsp3) is 0.471. The lowest BCUT2D eigenvalue weighted by atomic mass is 9.92. The third kappa shape index (κ3) is 1.73. The molecule has 2 heteroatoms. The highest BCUT2D eigenvalue weighted by Gasteiger charge is 2.17. The Bertz CT molecular complexity index is 736. The van der Waals surface area contributed by atoms with Gasteiger partial charge < -0.3 is 4.57 Å². The maximum absolute atomic E-state index is 12.6. The van der Waals surface area contributed by atoms with E-state index in [-0.39, 0.29) is 5.43 Å². The van der Waals surface area contributed by atoms with Crippen LogP contribution >= 0.6 is 0 Å². The quantitative estimate of drug-likeness (QED) is 0.760. The van der Waals surface area contributed by atoms with Gasteiger partial charge in [0.15, 0.2) is 5.43 Å². The van der Waals surface area contributed by atoms with Crippen LogP contribution < -0.4 is 5.43 Å². The summed E-state index contributed by atoms with van der Waals surface area (Å²) in [5, 5.41) is 0.908. The molecule has 0 radical (unpaired) electrons. The Hall–Kier alpha value is -1.57. The van der Waals surface area contributed by atoms with Gasteiger partial charge in [0.25, 0.3) is 0 Å². The van der Waals surface area contributed by atoms with E-state index in [9.17, 15) is 4.79 Å². The Labute approximate surface area is 115 Å². The van der Waals surface area contributed by atoms with E-state index >= 15 is 0 Å². The first-order chi connectivity index (χ1) is 8.82. The molecule has 0 aliphatic carbocycles. The number of hydrogen-bond acceptors (Lipinski definition) is 1. The van der Waals surface area contributed by atoms with E-state index in [1.165, 1.54) is 16.7 Å². The summed E-state index contributed by atoms with van der Waals surface area (Å²) in [6, 6.07) is 0. The minimum atomic E-state index is 0.195. The Balaban J connectivity index is 3.26. The fourth-order valence-electron chi connectivity index (χ4n) is 3.03. The zero-order chi connectivity index (χ0) is 14.5. The molecule has 0 fully saturated rings. The molecule has 0 amide bonds. The van der Waals surface area contributed by atoms with Crippen LogP contribution in [-0.4, -0.2) is 4.57 Å². The van der Waals surface area contributed by atoms with Crippen molar-refractivity contribution in [2.45, 2.75) is 55.0 Å². The molecule has 0 N–H and O–H groups in total. The van der Waals surface area contributed by atoms with Gasteiger partial charge in [-0.25, -0.2) is 0 Å². The first-order valence-corrected chi connectivity index (χ1v) is 6.92. The Kier molecular flexibility index (Phi) is 3.29. The van der Waals surface area contributed by atoms with Crippen molar-refractivity contribution in [1.82, 2.24) is 4.57 Å². The molecule has 1 aromatic heterocycles. The predicted molar refractivity (Wildman–Crippen MR) is 82.3 cm³/mol. The van der Waals surface area contributed by atoms with E-state index in [4.69, 9.17) is 0 Å². The molecule has 0 spiro atoms. The highest BCUT2D eigenvalue weighted by molar-refractivity contribution is 5.88. The zero-order valence-corrected chi connectivity index (χ0v) is 13.1. The summed E-state index contributed by atoms with van der Waals surface area (Å²) in [7, 11) is 0. The topological polar surface area (TPSA) is 22.0 Å². The second kappa shape index (κ2) is 4.52. The number of fused-ring (bicyclic) bond motifs is 1. The monoisotopic (exact) mass is 257 g/mol. The van der Waals surface area contributed by atoms with Crippen LogP contribution in [0.15, 0.2) is 4.79 Å². The van der Waals surface area contributed by atoms with E-state index < -0.39 is 0 Å². The van der Waals surface area contributed by atoms with Crippen molar-refractivity contribution in [3.8, 4) is 0 Å². The normalized spacial score (nSPS) is 11.3. The van der Waals surface area contributed by atoms with Crippen LogP contribution in [0.5, 0.6) is 0 Å². The zero-order valence-electron chi connectivity index (χ0n) is 13.1. The van der Waals surface area contributed by atoms with Crippen molar-refractivity contribution >= 4 is 10.9 Å². The Morgan fingerprint density at radius 3 is 1.84 bits per heavy atom. The lowest BCUT2D eigenvalue weighted by molar-refractivity contribution is 0.749. The third-order valence-corrected chi connectivity index (χ3v) is 4.76. The second-order valence-corrected chi connectivity index (χ2v) is 5.51. The number of pyridine rings is 1. The smallest absolute Gasteiger partial charge is 0.192 e. The predicted octanol–water partition coefficient (Wildman–Crippen LogP) is 3.87. The molecule has 1 heterocycles. The van der Waals surface area contributed by atoms with Gasteiger partial charge >= 0.3 is 0 Å². The first kappa shape index (κ1) is 13.9. The number of hydrogen-bond donors (Lipinski definition) is 0. The van der Waals surface area contributed by atoms with E-state index in [1.54, 1.807) is 0 Å². The van der Waals surface area contributed by atoms with Gasteiger partial charge in [0.05, 0.1) is 5.52 Å². The van der Waals surface area contributed by atoms with Gasteiger partial charge in [-0.05, 0) is 70.7 Å². The van der Waals surface area contributed by atoms with E-state index in [1.807, 2.05) is 13.8 Å². The average molecular weight is 257 g/mol. The highest BCUT2D eigenvalue weighted by Crippen LogP contribution is 2.28. The largest absolute Gasteiger partial charge is 0.344 e. The Morgan fingerprint density at radius 1 is 0.789 bits per heavy atom. The molecule has 102 valence electrons.